The van der Waals surface area contributed by atoms with Crippen molar-refractivity contribution >= 4 is 21.8 Å². The van der Waals surface area contributed by atoms with Gasteiger partial charge in [-0.25, -0.2) is 0 Å². The zero-order valence-electron chi connectivity index (χ0n) is 11.4. The molecule has 1 amide bonds. The van der Waals surface area contributed by atoms with E-state index in [0.29, 0.717) is 12.2 Å². The molecule has 1 aliphatic carbocycles. The van der Waals surface area contributed by atoms with Gasteiger partial charge in [0.25, 0.3) is 5.91 Å². The largest absolute Gasteiger partial charge is 0.335 e. The number of likely N-dealkylation sites (tertiary alicyclic amines) is 1. The van der Waals surface area contributed by atoms with Gasteiger partial charge in [-0.2, -0.15) is 5.10 Å². The molecule has 3 heterocycles. The number of aryl methyl sites for hydroxylation is 1. The summed E-state index contributed by atoms with van der Waals surface area (Å²) in [5.41, 5.74) is 8.19. The predicted octanol–water partition coefficient (Wildman–Crippen LogP) is 1.55. The topological polar surface area (TPSA) is 64.2 Å². The first-order chi connectivity index (χ1) is 9.61. The van der Waals surface area contributed by atoms with E-state index in [9.17, 15) is 4.79 Å². The number of fused-ring (bicyclic) bond motifs is 1. The van der Waals surface area contributed by atoms with Crippen LogP contribution >= 0.6 is 15.9 Å². The second kappa shape index (κ2) is 4.31. The number of nitrogens with zero attached hydrogens (tertiary/aromatic N) is 3. The van der Waals surface area contributed by atoms with Gasteiger partial charge in [-0.05, 0) is 41.6 Å². The first-order valence-corrected chi connectivity index (χ1v) is 8.20. The number of amides is 1. The normalized spacial score (nSPS) is 26.9. The summed E-state index contributed by atoms with van der Waals surface area (Å²) < 4.78 is 2.86. The Morgan fingerprint density at radius 3 is 2.80 bits per heavy atom. The first-order valence-electron chi connectivity index (χ1n) is 7.41. The van der Waals surface area contributed by atoms with Crippen molar-refractivity contribution < 1.29 is 4.79 Å². The highest BCUT2D eigenvalue weighted by Gasteiger charge is 2.50. The third kappa shape index (κ3) is 1.64. The highest BCUT2D eigenvalue weighted by Crippen LogP contribution is 2.47. The van der Waals surface area contributed by atoms with Crippen molar-refractivity contribution in [1.82, 2.24) is 14.7 Å². The molecule has 1 spiro atoms. The summed E-state index contributed by atoms with van der Waals surface area (Å²) in [5.74, 6) is 0.0398. The van der Waals surface area contributed by atoms with Gasteiger partial charge in [0.15, 0.2) is 5.69 Å². The molecular formula is C14H19BrN4O. The number of hydrogen-bond acceptors (Lipinski definition) is 3. The molecule has 1 saturated carbocycles. The lowest BCUT2D eigenvalue weighted by Gasteiger charge is -2.41. The van der Waals surface area contributed by atoms with Gasteiger partial charge in [0.1, 0.15) is 0 Å². The van der Waals surface area contributed by atoms with Gasteiger partial charge in [0.2, 0.25) is 0 Å². The van der Waals surface area contributed by atoms with Crippen LogP contribution in [-0.2, 0) is 13.0 Å². The monoisotopic (exact) mass is 338 g/mol. The Morgan fingerprint density at radius 1 is 1.40 bits per heavy atom. The van der Waals surface area contributed by atoms with Crippen molar-refractivity contribution in [2.75, 3.05) is 13.1 Å². The van der Waals surface area contributed by atoms with Gasteiger partial charge < -0.3 is 10.6 Å². The van der Waals surface area contributed by atoms with E-state index in [2.05, 4.69) is 21.0 Å². The summed E-state index contributed by atoms with van der Waals surface area (Å²) in [7, 11) is 0. The third-order valence-corrected chi connectivity index (χ3v) is 6.16. The summed E-state index contributed by atoms with van der Waals surface area (Å²) in [6.07, 6.45) is 5.70. The molecule has 1 aromatic rings. The molecule has 2 N–H and O–H groups in total. The molecule has 20 heavy (non-hydrogen) atoms. The lowest BCUT2D eigenvalue weighted by molar-refractivity contribution is 0.0719. The molecule has 0 bridgehead atoms. The van der Waals surface area contributed by atoms with Crippen LogP contribution in [-0.4, -0.2) is 39.7 Å². The van der Waals surface area contributed by atoms with Gasteiger partial charge in [-0.15, -0.1) is 0 Å². The van der Waals surface area contributed by atoms with Crippen molar-refractivity contribution in [1.29, 1.82) is 0 Å². The Labute approximate surface area is 126 Å². The third-order valence-electron chi connectivity index (χ3n) is 5.33. The van der Waals surface area contributed by atoms with Gasteiger partial charge >= 0.3 is 0 Å². The molecule has 1 atom stereocenters. The zero-order chi connectivity index (χ0) is 13.9. The van der Waals surface area contributed by atoms with Crippen molar-refractivity contribution in [3.63, 3.8) is 0 Å². The molecule has 2 fully saturated rings. The number of carbonyl (C=O) groups excluding carboxylic acids is 1. The Bertz CT molecular complexity index is 578. The maximum atomic E-state index is 12.7. The van der Waals surface area contributed by atoms with E-state index in [4.69, 9.17) is 5.73 Å². The molecule has 1 saturated heterocycles. The van der Waals surface area contributed by atoms with Crippen molar-refractivity contribution in [2.45, 2.75) is 44.7 Å². The number of halogens is 1. The van der Waals surface area contributed by atoms with Crippen molar-refractivity contribution in [3.05, 3.63) is 15.9 Å². The Morgan fingerprint density at radius 2 is 2.20 bits per heavy atom. The van der Waals surface area contributed by atoms with Crippen LogP contribution in [0.1, 0.15) is 41.9 Å². The van der Waals surface area contributed by atoms with Crippen molar-refractivity contribution in [2.24, 2.45) is 11.1 Å². The van der Waals surface area contributed by atoms with Crippen LogP contribution in [0.2, 0.25) is 0 Å². The van der Waals surface area contributed by atoms with Gasteiger partial charge in [-0.3, -0.25) is 9.48 Å². The maximum absolute atomic E-state index is 12.7. The Balaban J connectivity index is 1.59. The van der Waals surface area contributed by atoms with E-state index in [1.807, 2.05) is 9.58 Å². The number of hydrogen-bond donors (Lipinski definition) is 1. The van der Waals surface area contributed by atoms with Crippen molar-refractivity contribution in [3.8, 4) is 0 Å². The Hall–Kier alpha value is -0.880. The summed E-state index contributed by atoms with van der Waals surface area (Å²) in [6.45, 7) is 2.40. The fraction of sp³-hybridized carbons (Fsp3) is 0.714. The quantitative estimate of drug-likeness (QED) is 0.844. The molecule has 0 radical (unpaired) electrons. The summed E-state index contributed by atoms with van der Waals surface area (Å²) in [6, 6.07) is 0.133. The fourth-order valence-electron chi connectivity index (χ4n) is 3.89. The standard InChI is InChI=1S/C14H19BrN4O/c15-11-9-3-1-6-19(9)17-12(11)13(20)18-7-10(16)14(8-18)4-2-5-14/h10H,1-8,16H2. The minimum Gasteiger partial charge on any atom is -0.335 e. The molecular weight excluding hydrogens is 320 g/mol. The SMILES string of the molecule is NC1CN(C(=O)c2nn3c(c2Br)CCC3)CC12CCC2. The zero-order valence-corrected chi connectivity index (χ0v) is 13.0. The van der Waals surface area contributed by atoms with Gasteiger partial charge in [0.05, 0.1) is 10.2 Å². The molecule has 108 valence electrons. The lowest BCUT2D eigenvalue weighted by atomic mass is 9.66. The Kier molecular flexibility index (Phi) is 2.76. The number of rotatable bonds is 1. The lowest BCUT2D eigenvalue weighted by Crippen LogP contribution is -2.45. The average Bonchev–Trinajstić information content (AvgIpc) is 3.03. The van der Waals surface area contributed by atoms with Crippen LogP contribution in [0.5, 0.6) is 0 Å². The second-order valence-electron chi connectivity index (χ2n) is 6.44. The van der Waals surface area contributed by atoms with Gasteiger partial charge in [-0.1, -0.05) is 6.42 Å². The van der Waals surface area contributed by atoms with Gasteiger partial charge in [0, 0.05) is 31.1 Å². The van der Waals surface area contributed by atoms with Crippen LogP contribution in [0, 0.1) is 5.41 Å². The summed E-state index contributed by atoms with van der Waals surface area (Å²) >= 11 is 3.56. The fourth-order valence-corrected chi connectivity index (χ4v) is 4.54. The molecule has 3 aliphatic rings. The smallest absolute Gasteiger partial charge is 0.275 e. The maximum Gasteiger partial charge on any atom is 0.275 e. The van der Waals surface area contributed by atoms with Crippen LogP contribution in [0.4, 0.5) is 0 Å². The molecule has 6 heteroatoms. The van der Waals surface area contributed by atoms with Crippen LogP contribution in [0.25, 0.3) is 0 Å². The van der Waals surface area contributed by atoms with E-state index in [1.165, 1.54) is 19.3 Å². The first kappa shape index (κ1) is 12.8. The predicted molar refractivity (Wildman–Crippen MR) is 78.4 cm³/mol. The molecule has 2 aliphatic heterocycles. The average molecular weight is 339 g/mol. The minimum atomic E-state index is 0.0398. The highest BCUT2D eigenvalue weighted by atomic mass is 79.9. The number of nitrogens with two attached hydrogens (primary N) is 1. The molecule has 0 aromatic carbocycles. The second-order valence-corrected chi connectivity index (χ2v) is 7.24. The van der Waals surface area contributed by atoms with Crippen LogP contribution in [0.15, 0.2) is 4.47 Å². The van der Waals surface area contributed by atoms with E-state index in [-0.39, 0.29) is 17.4 Å². The van der Waals surface area contributed by atoms with E-state index in [0.717, 1.165) is 36.1 Å². The van der Waals surface area contributed by atoms with Crippen LogP contribution in [0.3, 0.4) is 0 Å². The van der Waals surface area contributed by atoms with E-state index < -0.39 is 0 Å². The van der Waals surface area contributed by atoms with E-state index >= 15 is 0 Å². The number of aromatic nitrogens is 2. The van der Waals surface area contributed by atoms with Crippen LogP contribution < -0.4 is 5.73 Å². The number of carbonyl (C=O) groups is 1. The molecule has 1 unspecified atom stereocenters. The van der Waals surface area contributed by atoms with E-state index in [1.54, 1.807) is 0 Å². The molecule has 5 nitrogen and oxygen atoms in total. The molecule has 4 rings (SSSR count). The highest BCUT2D eigenvalue weighted by molar-refractivity contribution is 9.10. The minimum absolute atomic E-state index is 0.0398. The summed E-state index contributed by atoms with van der Waals surface area (Å²) in [5, 5.41) is 4.49. The summed E-state index contributed by atoms with van der Waals surface area (Å²) in [4.78, 5) is 14.6. The molecule has 1 aromatic heterocycles.